The van der Waals surface area contributed by atoms with Gasteiger partial charge in [0.15, 0.2) is 5.70 Å². The van der Waals surface area contributed by atoms with E-state index in [1.165, 1.54) is 11.6 Å². The molecule has 1 aliphatic heterocycles. The fourth-order valence-electron chi connectivity index (χ4n) is 3.22. The lowest BCUT2D eigenvalue weighted by Crippen LogP contribution is -2.06. The van der Waals surface area contributed by atoms with Crippen molar-refractivity contribution in [2.24, 2.45) is 4.99 Å². The third-order valence-corrected chi connectivity index (χ3v) is 5.11. The predicted molar refractivity (Wildman–Crippen MR) is 120 cm³/mol. The first-order valence-electron chi connectivity index (χ1n) is 9.96. The number of hydrogen-bond donors (Lipinski definition) is 0. The highest BCUT2D eigenvalue weighted by molar-refractivity contribution is 6.13. The first-order valence-corrected chi connectivity index (χ1v) is 9.96. The van der Waals surface area contributed by atoms with Crippen molar-refractivity contribution < 1.29 is 19.2 Å². The summed E-state index contributed by atoms with van der Waals surface area (Å²) < 4.78 is 11.1. The molecular weight excluding hydrogens is 408 g/mol. The van der Waals surface area contributed by atoms with Crippen LogP contribution in [0.4, 0.5) is 5.69 Å². The molecule has 3 aromatic carbocycles. The van der Waals surface area contributed by atoms with E-state index in [9.17, 15) is 14.9 Å². The van der Waals surface area contributed by atoms with Crippen LogP contribution in [0.25, 0.3) is 6.08 Å². The number of rotatable bonds is 6. The van der Waals surface area contributed by atoms with E-state index in [-0.39, 0.29) is 17.3 Å². The Morgan fingerprint density at radius 1 is 1.03 bits per heavy atom. The zero-order valence-corrected chi connectivity index (χ0v) is 17.6. The van der Waals surface area contributed by atoms with E-state index in [4.69, 9.17) is 9.47 Å². The molecule has 7 heteroatoms. The second-order valence-corrected chi connectivity index (χ2v) is 7.38. The molecular formula is C25H20N2O5. The van der Waals surface area contributed by atoms with Crippen molar-refractivity contribution in [1.29, 1.82) is 0 Å². The SMILES string of the molecule is Cc1ccccc1COc1ccc(/C=C2\N=C(c3ccc(C)c([N+](=O)[O-])c3)OC2=O)cc1. The summed E-state index contributed by atoms with van der Waals surface area (Å²) in [7, 11) is 0. The molecule has 7 nitrogen and oxygen atoms in total. The maximum Gasteiger partial charge on any atom is 0.363 e. The largest absolute Gasteiger partial charge is 0.489 e. The van der Waals surface area contributed by atoms with Crippen LogP contribution >= 0.6 is 0 Å². The van der Waals surface area contributed by atoms with Gasteiger partial charge < -0.3 is 9.47 Å². The Bertz CT molecular complexity index is 1260. The van der Waals surface area contributed by atoms with E-state index in [0.29, 0.717) is 23.5 Å². The van der Waals surface area contributed by atoms with Gasteiger partial charge in [-0.25, -0.2) is 9.79 Å². The van der Waals surface area contributed by atoms with E-state index in [1.54, 1.807) is 25.1 Å². The Kier molecular flexibility index (Phi) is 5.81. The number of hydrogen-bond acceptors (Lipinski definition) is 6. The number of nitro groups is 1. The highest BCUT2D eigenvalue weighted by Gasteiger charge is 2.25. The number of aliphatic imine (C=N–C) groups is 1. The first kappa shape index (κ1) is 21.0. The van der Waals surface area contributed by atoms with Crippen LogP contribution in [0.15, 0.2) is 77.4 Å². The second kappa shape index (κ2) is 8.85. The molecule has 0 spiro atoms. The monoisotopic (exact) mass is 428 g/mol. The third kappa shape index (κ3) is 4.57. The van der Waals surface area contributed by atoms with E-state index in [0.717, 1.165) is 11.1 Å². The number of nitrogens with zero attached hydrogens (tertiary/aromatic N) is 2. The lowest BCUT2D eigenvalue weighted by molar-refractivity contribution is -0.385. The topological polar surface area (TPSA) is 91.0 Å². The maximum atomic E-state index is 12.2. The Labute approximate surface area is 184 Å². The zero-order chi connectivity index (χ0) is 22.7. The quantitative estimate of drug-likeness (QED) is 0.235. The molecule has 0 saturated heterocycles. The van der Waals surface area contributed by atoms with Crippen molar-refractivity contribution in [2.75, 3.05) is 0 Å². The second-order valence-electron chi connectivity index (χ2n) is 7.38. The van der Waals surface area contributed by atoms with Crippen LogP contribution in [0.1, 0.15) is 27.8 Å². The molecule has 0 fully saturated rings. The molecule has 32 heavy (non-hydrogen) atoms. The smallest absolute Gasteiger partial charge is 0.363 e. The van der Waals surface area contributed by atoms with Gasteiger partial charge in [0.1, 0.15) is 12.4 Å². The summed E-state index contributed by atoms with van der Waals surface area (Å²) in [5, 5.41) is 11.2. The number of cyclic esters (lactones) is 1. The molecule has 0 aromatic heterocycles. The summed E-state index contributed by atoms with van der Waals surface area (Å²) in [6.07, 6.45) is 1.60. The van der Waals surface area contributed by atoms with Gasteiger partial charge in [-0.2, -0.15) is 0 Å². The zero-order valence-electron chi connectivity index (χ0n) is 17.6. The highest BCUT2D eigenvalue weighted by atomic mass is 16.6. The fourth-order valence-corrected chi connectivity index (χ4v) is 3.22. The summed E-state index contributed by atoms with van der Waals surface area (Å²) in [6.45, 7) is 4.15. The standard InChI is InChI=1S/C25H20N2O5/c1-16-5-3-4-6-20(16)15-31-21-11-8-18(9-12-21)13-22-25(28)32-24(26-22)19-10-7-17(2)23(14-19)27(29)30/h3-14H,15H2,1-2H3/b22-13-. The number of carbonyl (C=O) groups is 1. The number of esters is 1. The minimum Gasteiger partial charge on any atom is -0.489 e. The lowest BCUT2D eigenvalue weighted by Gasteiger charge is -2.08. The highest BCUT2D eigenvalue weighted by Crippen LogP contribution is 2.25. The molecule has 4 rings (SSSR count). The third-order valence-electron chi connectivity index (χ3n) is 5.11. The summed E-state index contributed by atoms with van der Waals surface area (Å²) in [4.78, 5) is 27.2. The van der Waals surface area contributed by atoms with Gasteiger partial charge >= 0.3 is 5.97 Å². The van der Waals surface area contributed by atoms with Crippen molar-refractivity contribution >= 4 is 23.6 Å². The van der Waals surface area contributed by atoms with Gasteiger partial charge in [-0.3, -0.25) is 10.1 Å². The van der Waals surface area contributed by atoms with Crippen LogP contribution in [0.5, 0.6) is 5.75 Å². The van der Waals surface area contributed by atoms with Crippen molar-refractivity contribution in [3.05, 3.63) is 110 Å². The molecule has 3 aromatic rings. The molecule has 0 saturated carbocycles. The molecule has 0 bridgehead atoms. The van der Waals surface area contributed by atoms with Crippen molar-refractivity contribution in [3.63, 3.8) is 0 Å². The van der Waals surface area contributed by atoms with Gasteiger partial charge in [-0.1, -0.05) is 42.5 Å². The molecule has 1 heterocycles. The first-order chi connectivity index (χ1) is 15.4. The summed E-state index contributed by atoms with van der Waals surface area (Å²) in [6, 6.07) is 19.9. The molecule has 0 radical (unpaired) electrons. The van der Waals surface area contributed by atoms with Crippen LogP contribution in [0.3, 0.4) is 0 Å². The van der Waals surface area contributed by atoms with Gasteiger partial charge in [0.25, 0.3) is 5.69 Å². The van der Waals surface area contributed by atoms with E-state index in [1.807, 2.05) is 55.5 Å². The normalized spacial score (nSPS) is 14.2. The lowest BCUT2D eigenvalue weighted by atomic mass is 10.1. The van der Waals surface area contributed by atoms with Crippen LogP contribution in [-0.4, -0.2) is 16.8 Å². The van der Waals surface area contributed by atoms with E-state index in [2.05, 4.69) is 4.99 Å². The number of carbonyl (C=O) groups excluding carboxylic acids is 1. The minimum absolute atomic E-state index is 0.0440. The van der Waals surface area contributed by atoms with Gasteiger partial charge in [0.05, 0.1) is 4.92 Å². The number of benzene rings is 3. The van der Waals surface area contributed by atoms with Gasteiger partial charge in [0.2, 0.25) is 5.90 Å². The van der Waals surface area contributed by atoms with Crippen molar-refractivity contribution in [2.45, 2.75) is 20.5 Å². The van der Waals surface area contributed by atoms with Crippen LogP contribution < -0.4 is 4.74 Å². The van der Waals surface area contributed by atoms with Gasteiger partial charge in [-0.05, 0) is 54.8 Å². The molecule has 0 aliphatic carbocycles. The van der Waals surface area contributed by atoms with Crippen LogP contribution in [-0.2, 0) is 16.1 Å². The average Bonchev–Trinajstić information content (AvgIpc) is 3.14. The van der Waals surface area contributed by atoms with Crippen molar-refractivity contribution in [1.82, 2.24) is 0 Å². The fraction of sp³-hybridized carbons (Fsp3) is 0.120. The summed E-state index contributed by atoms with van der Waals surface area (Å²) in [5.74, 6) is 0.145. The van der Waals surface area contributed by atoms with Crippen LogP contribution in [0, 0.1) is 24.0 Å². The van der Waals surface area contributed by atoms with E-state index < -0.39 is 10.9 Å². The molecule has 0 atom stereocenters. The summed E-state index contributed by atoms with van der Waals surface area (Å²) >= 11 is 0. The summed E-state index contributed by atoms with van der Waals surface area (Å²) in [5.41, 5.74) is 3.99. The minimum atomic E-state index is -0.608. The maximum absolute atomic E-state index is 12.2. The number of ether oxygens (including phenoxy) is 2. The predicted octanol–water partition coefficient (Wildman–Crippen LogP) is 5.14. The Morgan fingerprint density at radius 3 is 2.50 bits per heavy atom. The Morgan fingerprint density at radius 2 is 1.78 bits per heavy atom. The molecule has 0 unspecified atom stereocenters. The van der Waals surface area contributed by atoms with Crippen LogP contribution in [0.2, 0.25) is 0 Å². The molecule has 0 amide bonds. The number of aryl methyl sites for hydroxylation is 2. The Balaban J connectivity index is 1.49. The van der Waals surface area contributed by atoms with Crippen molar-refractivity contribution in [3.8, 4) is 5.75 Å². The number of nitro benzene ring substituents is 1. The molecule has 1 aliphatic rings. The molecule has 0 N–H and O–H groups in total. The molecule has 160 valence electrons. The average molecular weight is 428 g/mol. The van der Waals surface area contributed by atoms with E-state index >= 15 is 0 Å². The Hall–Kier alpha value is -4.26. The van der Waals surface area contributed by atoms with Gasteiger partial charge in [-0.15, -0.1) is 0 Å². The van der Waals surface area contributed by atoms with Gasteiger partial charge in [0, 0.05) is 17.2 Å².